The zero-order valence-electron chi connectivity index (χ0n) is 19.2. The number of morpholine rings is 1. The van der Waals surface area contributed by atoms with Crippen molar-refractivity contribution in [3.63, 3.8) is 0 Å². The number of anilines is 1. The largest absolute Gasteiger partial charge is 0.397 e. The maximum Gasteiger partial charge on any atom is 0.248 e. The van der Waals surface area contributed by atoms with Crippen LogP contribution in [0.1, 0.15) is 31.2 Å². The molecule has 6 nitrogen and oxygen atoms in total. The number of nitrogen functional groups attached to an aromatic ring is 1. The predicted octanol–water partition coefficient (Wildman–Crippen LogP) is 3.98. The number of ether oxygens (including phenoxy) is 1. The van der Waals surface area contributed by atoms with E-state index in [4.69, 9.17) is 10.5 Å². The molecule has 6 rings (SSSR count). The number of aromatic nitrogens is 1. The van der Waals surface area contributed by atoms with E-state index in [1.54, 1.807) is 12.3 Å². The Morgan fingerprint density at radius 2 is 1.85 bits per heavy atom. The van der Waals surface area contributed by atoms with Crippen molar-refractivity contribution in [1.82, 2.24) is 14.8 Å². The third-order valence-corrected chi connectivity index (χ3v) is 7.52. The number of hydrogen-bond donors (Lipinski definition) is 1. The summed E-state index contributed by atoms with van der Waals surface area (Å²) in [6, 6.07) is 13.7. The van der Waals surface area contributed by atoms with E-state index in [1.165, 1.54) is 0 Å². The Hall–Kier alpha value is -3.03. The standard InChI is InChI=1S/C27H29FN4O2/c28-24-12-18(19-1-3-20-11-22(29)14-30-25(20)13-19)2-4-21(24)15-31-9-7-27(8-10-31)17-32(23-5-6-23)26(33)16-34-27/h1-4,11-14,23H,5-10,15-17,29H2. The summed E-state index contributed by atoms with van der Waals surface area (Å²) < 4.78 is 21.1. The number of nitrogens with two attached hydrogens (primary N) is 1. The SMILES string of the molecule is Nc1cnc2cc(-c3ccc(CN4CCC5(CC4)CN(C4CC4)C(=O)CO5)c(F)c3)ccc2c1. The summed E-state index contributed by atoms with van der Waals surface area (Å²) in [5.41, 5.74) is 9.51. The molecule has 3 aliphatic rings. The fourth-order valence-corrected chi connectivity index (χ4v) is 5.30. The van der Waals surface area contributed by atoms with Crippen LogP contribution in [-0.4, -0.2) is 58.6 Å². The number of rotatable bonds is 4. The molecule has 0 unspecified atom stereocenters. The third-order valence-electron chi connectivity index (χ3n) is 7.52. The van der Waals surface area contributed by atoms with E-state index < -0.39 is 0 Å². The molecular weight excluding hydrogens is 431 g/mol. The number of carbonyl (C=O) groups is 1. The molecule has 0 atom stereocenters. The van der Waals surface area contributed by atoms with Gasteiger partial charge < -0.3 is 15.4 Å². The molecule has 0 bridgehead atoms. The average Bonchev–Trinajstić information content (AvgIpc) is 3.69. The van der Waals surface area contributed by atoms with Crippen LogP contribution in [0.15, 0.2) is 48.7 Å². The molecule has 2 N–H and O–H groups in total. The minimum absolute atomic E-state index is 0.129. The first-order chi connectivity index (χ1) is 16.5. The van der Waals surface area contributed by atoms with Gasteiger partial charge in [-0.1, -0.05) is 24.3 Å². The molecule has 1 amide bonds. The van der Waals surface area contributed by atoms with Gasteiger partial charge in [-0.25, -0.2) is 4.39 Å². The van der Waals surface area contributed by atoms with Crippen LogP contribution in [0.25, 0.3) is 22.0 Å². The monoisotopic (exact) mass is 460 g/mol. The van der Waals surface area contributed by atoms with Crippen molar-refractivity contribution in [2.45, 2.75) is 43.9 Å². The minimum atomic E-state index is -0.232. The van der Waals surface area contributed by atoms with Crippen LogP contribution < -0.4 is 5.73 Å². The molecule has 3 fully saturated rings. The maximum atomic E-state index is 15.1. The Balaban J connectivity index is 1.12. The first-order valence-electron chi connectivity index (χ1n) is 12.1. The number of carbonyl (C=O) groups excluding carboxylic acids is 1. The van der Waals surface area contributed by atoms with Crippen LogP contribution >= 0.6 is 0 Å². The van der Waals surface area contributed by atoms with Crippen molar-refractivity contribution in [2.75, 3.05) is 32.0 Å². The third kappa shape index (κ3) is 4.14. The molecule has 0 radical (unpaired) electrons. The van der Waals surface area contributed by atoms with Gasteiger partial charge in [0.1, 0.15) is 12.4 Å². The predicted molar refractivity (Wildman–Crippen MR) is 129 cm³/mol. The Kier molecular flexibility index (Phi) is 5.26. The molecule has 1 saturated carbocycles. The van der Waals surface area contributed by atoms with Crippen molar-refractivity contribution < 1.29 is 13.9 Å². The molecule has 2 saturated heterocycles. The lowest BCUT2D eigenvalue weighted by Gasteiger charge is -2.47. The molecule has 1 aromatic heterocycles. The summed E-state index contributed by atoms with van der Waals surface area (Å²) in [4.78, 5) is 20.9. The number of pyridine rings is 1. The summed E-state index contributed by atoms with van der Waals surface area (Å²) in [5.74, 6) is -0.0633. The van der Waals surface area contributed by atoms with E-state index in [2.05, 4.69) is 9.88 Å². The van der Waals surface area contributed by atoms with Gasteiger partial charge in [-0.15, -0.1) is 0 Å². The van der Waals surface area contributed by atoms with Crippen molar-refractivity contribution in [3.8, 4) is 11.1 Å². The molecule has 1 aliphatic carbocycles. The molecular formula is C27H29FN4O2. The fraction of sp³-hybridized carbons (Fsp3) is 0.407. The first kappa shape index (κ1) is 21.5. The lowest BCUT2D eigenvalue weighted by Crippen LogP contribution is -2.59. The quantitative estimate of drug-likeness (QED) is 0.638. The second-order valence-electron chi connectivity index (χ2n) is 9.98. The molecule has 7 heteroatoms. The van der Waals surface area contributed by atoms with Crippen molar-refractivity contribution in [2.24, 2.45) is 0 Å². The van der Waals surface area contributed by atoms with Crippen molar-refractivity contribution in [3.05, 3.63) is 60.0 Å². The number of likely N-dealkylation sites (tertiary alicyclic amines) is 1. The Labute approximate surface area is 198 Å². The maximum absolute atomic E-state index is 15.1. The zero-order valence-corrected chi connectivity index (χ0v) is 19.2. The summed E-state index contributed by atoms with van der Waals surface area (Å²) in [5, 5.41) is 0.968. The minimum Gasteiger partial charge on any atom is -0.397 e. The fourth-order valence-electron chi connectivity index (χ4n) is 5.30. The van der Waals surface area contributed by atoms with Gasteiger partial charge in [0.05, 0.1) is 29.5 Å². The van der Waals surface area contributed by atoms with E-state index in [-0.39, 0.29) is 23.9 Å². The van der Waals surface area contributed by atoms with Gasteiger partial charge in [-0.3, -0.25) is 14.7 Å². The summed E-state index contributed by atoms with van der Waals surface area (Å²) in [7, 11) is 0. The van der Waals surface area contributed by atoms with Gasteiger partial charge in [0.25, 0.3) is 0 Å². The van der Waals surface area contributed by atoms with Crippen LogP contribution in [0, 0.1) is 5.82 Å². The molecule has 3 aromatic rings. The van der Waals surface area contributed by atoms with Crippen molar-refractivity contribution >= 4 is 22.5 Å². The van der Waals surface area contributed by atoms with Gasteiger partial charge in [0.2, 0.25) is 5.91 Å². The normalized spacial score (nSPS) is 20.9. The number of benzene rings is 2. The Morgan fingerprint density at radius 3 is 2.62 bits per heavy atom. The number of fused-ring (bicyclic) bond motifs is 1. The van der Waals surface area contributed by atoms with Gasteiger partial charge >= 0.3 is 0 Å². The number of nitrogens with zero attached hydrogens (tertiary/aromatic N) is 3. The van der Waals surface area contributed by atoms with Crippen LogP contribution in [0.5, 0.6) is 0 Å². The smallest absolute Gasteiger partial charge is 0.248 e. The van der Waals surface area contributed by atoms with Crippen LogP contribution in [0.3, 0.4) is 0 Å². The van der Waals surface area contributed by atoms with Gasteiger partial charge in [0.15, 0.2) is 0 Å². The van der Waals surface area contributed by atoms with E-state index >= 15 is 4.39 Å². The lowest BCUT2D eigenvalue weighted by molar-refractivity contribution is -0.172. The highest BCUT2D eigenvalue weighted by atomic mass is 19.1. The summed E-state index contributed by atoms with van der Waals surface area (Å²) in [6.45, 7) is 3.16. The molecule has 34 heavy (non-hydrogen) atoms. The zero-order chi connectivity index (χ0) is 23.3. The highest BCUT2D eigenvalue weighted by Crippen LogP contribution is 2.36. The van der Waals surface area contributed by atoms with Crippen LogP contribution in [0.4, 0.5) is 10.1 Å². The molecule has 176 valence electrons. The lowest BCUT2D eigenvalue weighted by atomic mass is 9.89. The Morgan fingerprint density at radius 1 is 1.09 bits per heavy atom. The summed E-state index contributed by atoms with van der Waals surface area (Å²) in [6.07, 6.45) is 5.62. The summed E-state index contributed by atoms with van der Waals surface area (Å²) >= 11 is 0. The number of piperidine rings is 1. The van der Waals surface area contributed by atoms with E-state index in [1.807, 2.05) is 41.3 Å². The van der Waals surface area contributed by atoms with Crippen LogP contribution in [-0.2, 0) is 16.1 Å². The molecule has 2 aliphatic heterocycles. The van der Waals surface area contributed by atoms with Crippen LogP contribution in [0.2, 0.25) is 0 Å². The number of hydrogen-bond acceptors (Lipinski definition) is 5. The second-order valence-corrected chi connectivity index (χ2v) is 9.98. The molecule has 2 aromatic carbocycles. The van der Waals surface area contributed by atoms with E-state index in [9.17, 15) is 4.79 Å². The highest BCUT2D eigenvalue weighted by Gasteiger charge is 2.46. The van der Waals surface area contributed by atoms with Crippen molar-refractivity contribution in [1.29, 1.82) is 0 Å². The number of halogens is 1. The van der Waals surface area contributed by atoms with Gasteiger partial charge in [-0.2, -0.15) is 0 Å². The topological polar surface area (TPSA) is 71.7 Å². The highest BCUT2D eigenvalue weighted by molar-refractivity contribution is 5.86. The first-order valence-corrected chi connectivity index (χ1v) is 12.1. The van der Waals surface area contributed by atoms with E-state index in [0.29, 0.717) is 30.4 Å². The van der Waals surface area contributed by atoms with E-state index in [0.717, 1.165) is 60.8 Å². The molecule has 1 spiro atoms. The van der Waals surface area contributed by atoms with Gasteiger partial charge in [0, 0.05) is 36.6 Å². The van der Waals surface area contributed by atoms with Gasteiger partial charge in [-0.05, 0) is 55.0 Å². The second kappa shape index (κ2) is 8.32. The number of amides is 1. The average molecular weight is 461 g/mol. The Bertz CT molecular complexity index is 1250. The molecule has 3 heterocycles.